The van der Waals surface area contributed by atoms with Gasteiger partial charge in [0, 0.05) is 0 Å². The van der Waals surface area contributed by atoms with Crippen molar-refractivity contribution in [3.05, 3.63) is 21.3 Å². The highest BCUT2D eigenvalue weighted by Crippen LogP contribution is 2.44. The molecule has 126 valence electrons. The Bertz CT molecular complexity index is 932. The number of ether oxygens (including phenoxy) is 2. The Hall–Kier alpha value is -2.33. The fraction of sp³-hybridized carbons (Fsp3) is 0.231. The summed E-state index contributed by atoms with van der Waals surface area (Å²) in [6, 6.07) is 1.53. The summed E-state index contributed by atoms with van der Waals surface area (Å²) >= 11 is 9.43. The highest BCUT2D eigenvalue weighted by atomic mass is 79.9. The molecule has 0 saturated heterocycles. The van der Waals surface area contributed by atoms with E-state index >= 15 is 0 Å². The third kappa shape index (κ3) is 2.67. The Balaban J connectivity index is 2.11. The zero-order chi connectivity index (χ0) is 17.4. The number of nitrogens with zero attached hydrogens (tertiary/aromatic N) is 5. The first-order chi connectivity index (χ1) is 11.5. The van der Waals surface area contributed by atoms with Crippen LogP contribution in [0.25, 0.3) is 11.2 Å². The summed E-state index contributed by atoms with van der Waals surface area (Å²) in [4.78, 5) is 7.94. The molecular weight excluding hydrogens is 404 g/mol. The SMILES string of the molecule is COc1c(O)cc(Cn2nnc3c(Cl)nc(N)nc32)c(Br)c1OC. The quantitative estimate of drug-likeness (QED) is 0.621. The average Bonchev–Trinajstić information content (AvgIpc) is 2.93. The fourth-order valence-electron chi connectivity index (χ4n) is 2.26. The Morgan fingerprint density at radius 1 is 1.29 bits per heavy atom. The molecule has 0 aliphatic heterocycles. The number of benzene rings is 1. The fourth-order valence-corrected chi connectivity index (χ4v) is 3.05. The molecule has 0 spiro atoms. The van der Waals surface area contributed by atoms with Gasteiger partial charge in [0.25, 0.3) is 0 Å². The predicted octanol–water partition coefficient (Wildman–Crippen LogP) is 1.99. The molecule has 0 radical (unpaired) electrons. The van der Waals surface area contributed by atoms with Crippen LogP contribution in [0.1, 0.15) is 5.56 Å². The second-order valence-corrected chi connectivity index (χ2v) is 5.88. The van der Waals surface area contributed by atoms with Crippen LogP contribution in [0, 0.1) is 0 Å². The number of phenolic OH excluding ortho intramolecular Hbond substituents is 1. The van der Waals surface area contributed by atoms with E-state index in [0.29, 0.717) is 26.9 Å². The molecule has 3 aromatic rings. The zero-order valence-corrected chi connectivity index (χ0v) is 15.0. The van der Waals surface area contributed by atoms with Crippen LogP contribution >= 0.6 is 27.5 Å². The van der Waals surface area contributed by atoms with Gasteiger partial charge >= 0.3 is 0 Å². The summed E-state index contributed by atoms with van der Waals surface area (Å²) in [5.41, 5.74) is 7.02. The minimum atomic E-state index is -0.0656. The topological polar surface area (TPSA) is 121 Å². The zero-order valence-electron chi connectivity index (χ0n) is 12.6. The van der Waals surface area contributed by atoms with Gasteiger partial charge in [0.15, 0.2) is 27.8 Å². The minimum Gasteiger partial charge on any atom is -0.504 e. The molecule has 11 heteroatoms. The van der Waals surface area contributed by atoms with E-state index in [1.165, 1.54) is 25.0 Å². The Morgan fingerprint density at radius 2 is 2.00 bits per heavy atom. The molecule has 0 amide bonds. The number of aromatic hydroxyl groups is 1. The maximum Gasteiger partial charge on any atom is 0.223 e. The van der Waals surface area contributed by atoms with Gasteiger partial charge in [-0.15, -0.1) is 5.10 Å². The second-order valence-electron chi connectivity index (χ2n) is 4.73. The number of hydrogen-bond acceptors (Lipinski definition) is 8. The van der Waals surface area contributed by atoms with Crippen LogP contribution in [-0.2, 0) is 6.54 Å². The van der Waals surface area contributed by atoms with E-state index in [0.717, 1.165) is 0 Å². The molecule has 0 aliphatic rings. The number of aromatic nitrogens is 5. The number of rotatable bonds is 4. The molecule has 3 rings (SSSR count). The molecule has 0 bridgehead atoms. The van der Waals surface area contributed by atoms with Gasteiger partial charge < -0.3 is 20.3 Å². The van der Waals surface area contributed by atoms with Crippen molar-refractivity contribution in [2.24, 2.45) is 0 Å². The first-order valence-electron chi connectivity index (χ1n) is 6.60. The van der Waals surface area contributed by atoms with Gasteiger partial charge in [0.05, 0.1) is 25.2 Å². The van der Waals surface area contributed by atoms with E-state index in [1.807, 2.05) is 0 Å². The van der Waals surface area contributed by atoms with Crippen LogP contribution in [0.2, 0.25) is 5.15 Å². The number of nitrogens with two attached hydrogens (primary N) is 1. The van der Waals surface area contributed by atoms with Gasteiger partial charge in [0.1, 0.15) is 0 Å². The van der Waals surface area contributed by atoms with Gasteiger partial charge in [-0.3, -0.25) is 0 Å². The molecule has 24 heavy (non-hydrogen) atoms. The number of fused-ring (bicyclic) bond motifs is 1. The third-order valence-electron chi connectivity index (χ3n) is 3.30. The Labute approximate surface area is 149 Å². The molecule has 0 unspecified atom stereocenters. The predicted molar refractivity (Wildman–Crippen MR) is 90.6 cm³/mol. The van der Waals surface area contributed by atoms with Gasteiger partial charge in [-0.2, -0.15) is 9.97 Å². The van der Waals surface area contributed by atoms with Crippen LogP contribution < -0.4 is 15.2 Å². The van der Waals surface area contributed by atoms with Crippen molar-refractivity contribution in [2.75, 3.05) is 20.0 Å². The maximum atomic E-state index is 10.1. The van der Waals surface area contributed by atoms with Crippen LogP contribution in [-0.4, -0.2) is 44.3 Å². The first kappa shape index (κ1) is 16.5. The van der Waals surface area contributed by atoms with Crippen molar-refractivity contribution in [1.82, 2.24) is 25.0 Å². The molecule has 2 heterocycles. The van der Waals surface area contributed by atoms with Crippen LogP contribution in [0.4, 0.5) is 5.95 Å². The lowest BCUT2D eigenvalue weighted by molar-refractivity contribution is 0.330. The number of phenols is 1. The smallest absolute Gasteiger partial charge is 0.223 e. The van der Waals surface area contributed by atoms with Crippen LogP contribution in [0.3, 0.4) is 0 Å². The van der Waals surface area contributed by atoms with Crippen molar-refractivity contribution >= 4 is 44.6 Å². The molecule has 1 aromatic carbocycles. The highest BCUT2D eigenvalue weighted by molar-refractivity contribution is 9.10. The van der Waals surface area contributed by atoms with Gasteiger partial charge in [-0.1, -0.05) is 16.8 Å². The number of anilines is 1. The highest BCUT2D eigenvalue weighted by Gasteiger charge is 2.20. The maximum absolute atomic E-state index is 10.1. The molecule has 0 aliphatic carbocycles. The van der Waals surface area contributed by atoms with Crippen molar-refractivity contribution in [2.45, 2.75) is 6.54 Å². The van der Waals surface area contributed by atoms with Gasteiger partial charge in [-0.25, -0.2) is 4.68 Å². The lowest BCUT2D eigenvalue weighted by atomic mass is 10.2. The summed E-state index contributed by atoms with van der Waals surface area (Å²) in [7, 11) is 2.92. The lowest BCUT2D eigenvalue weighted by Crippen LogP contribution is -2.06. The monoisotopic (exact) mass is 414 g/mol. The lowest BCUT2D eigenvalue weighted by Gasteiger charge is -2.14. The second kappa shape index (κ2) is 6.29. The summed E-state index contributed by atoms with van der Waals surface area (Å²) in [5, 5.41) is 18.2. The third-order valence-corrected chi connectivity index (χ3v) is 4.43. The van der Waals surface area contributed by atoms with Gasteiger partial charge in [-0.05, 0) is 27.6 Å². The Kier molecular flexibility index (Phi) is 4.33. The van der Waals surface area contributed by atoms with Crippen molar-refractivity contribution in [1.29, 1.82) is 0 Å². The van der Waals surface area contributed by atoms with Crippen molar-refractivity contribution in [3.63, 3.8) is 0 Å². The van der Waals surface area contributed by atoms with E-state index in [2.05, 4.69) is 36.2 Å². The van der Waals surface area contributed by atoms with Crippen LogP contribution in [0.15, 0.2) is 10.5 Å². The molecule has 3 N–H and O–H groups in total. The van der Waals surface area contributed by atoms with Gasteiger partial charge in [0.2, 0.25) is 11.7 Å². The molecule has 2 aromatic heterocycles. The molecular formula is C13H12BrClN6O3. The van der Waals surface area contributed by atoms with E-state index in [1.54, 1.807) is 0 Å². The molecule has 0 fully saturated rings. The summed E-state index contributed by atoms with van der Waals surface area (Å²) in [6.45, 7) is 0.234. The summed E-state index contributed by atoms with van der Waals surface area (Å²) < 4.78 is 12.5. The number of hydrogen-bond donors (Lipinski definition) is 2. The molecule has 0 atom stereocenters. The standard InChI is InChI=1S/C13H12BrClN6O3/c1-23-9-6(22)3-5(7(14)10(9)24-2)4-21-12-8(19-20-21)11(15)17-13(16)18-12/h3,22H,4H2,1-2H3,(H2,16,17,18). The van der Waals surface area contributed by atoms with E-state index in [9.17, 15) is 5.11 Å². The first-order valence-corrected chi connectivity index (χ1v) is 7.77. The van der Waals surface area contributed by atoms with E-state index < -0.39 is 0 Å². The Morgan fingerprint density at radius 3 is 2.67 bits per heavy atom. The van der Waals surface area contributed by atoms with Crippen molar-refractivity contribution in [3.8, 4) is 17.2 Å². The summed E-state index contributed by atoms with van der Waals surface area (Å²) in [6.07, 6.45) is 0. The van der Waals surface area contributed by atoms with E-state index in [4.69, 9.17) is 26.8 Å². The van der Waals surface area contributed by atoms with Crippen LogP contribution in [0.5, 0.6) is 17.2 Å². The number of nitrogen functional groups attached to an aromatic ring is 1. The largest absolute Gasteiger partial charge is 0.504 e. The molecule has 9 nitrogen and oxygen atoms in total. The number of methoxy groups -OCH3 is 2. The molecule has 0 saturated carbocycles. The van der Waals surface area contributed by atoms with Crippen molar-refractivity contribution < 1.29 is 14.6 Å². The normalized spacial score (nSPS) is 11.0. The van der Waals surface area contributed by atoms with E-state index in [-0.39, 0.29) is 29.1 Å². The number of halogens is 2. The minimum absolute atomic E-state index is 0.0188. The average molecular weight is 416 g/mol. The summed E-state index contributed by atoms with van der Waals surface area (Å²) in [5.74, 6) is 0.546.